The molecule has 0 saturated carbocycles. The van der Waals surface area contributed by atoms with Gasteiger partial charge in [-0.2, -0.15) is 0 Å². The van der Waals surface area contributed by atoms with E-state index >= 15 is 0 Å². The Balaban J connectivity index is 1.77. The quantitative estimate of drug-likeness (QED) is 0.181. The highest BCUT2D eigenvalue weighted by Gasteiger charge is 2.22. The lowest BCUT2D eigenvalue weighted by Crippen LogP contribution is -2.29. The summed E-state index contributed by atoms with van der Waals surface area (Å²) in [6.07, 6.45) is 1.62. The third kappa shape index (κ3) is 6.57. The van der Waals surface area contributed by atoms with Gasteiger partial charge in [-0.15, -0.1) is 0 Å². The highest BCUT2D eigenvalue weighted by molar-refractivity contribution is 6.07. The first-order valence-electron chi connectivity index (χ1n) is 13.6. The minimum absolute atomic E-state index is 0.113. The summed E-state index contributed by atoms with van der Waals surface area (Å²) >= 11 is 0. The number of para-hydroxylation sites is 1. The average molecular weight is 557 g/mol. The molecule has 0 unspecified atom stereocenters. The highest BCUT2D eigenvalue weighted by atomic mass is 16.6. The number of fused-ring (bicyclic) bond motifs is 1. The molecule has 0 radical (unpaired) electrons. The van der Waals surface area contributed by atoms with Crippen molar-refractivity contribution in [2.24, 2.45) is 7.05 Å². The van der Waals surface area contributed by atoms with Crippen molar-refractivity contribution in [2.75, 3.05) is 23.8 Å². The van der Waals surface area contributed by atoms with Gasteiger partial charge in [0.2, 0.25) is 0 Å². The van der Waals surface area contributed by atoms with Crippen LogP contribution >= 0.6 is 0 Å². The van der Waals surface area contributed by atoms with E-state index in [1.54, 1.807) is 37.5 Å². The van der Waals surface area contributed by atoms with E-state index in [1.807, 2.05) is 30.3 Å². The Hall–Kier alpha value is -4.66. The van der Waals surface area contributed by atoms with Crippen LogP contribution in [0.4, 0.5) is 16.2 Å². The first-order chi connectivity index (χ1) is 19.6. The van der Waals surface area contributed by atoms with Crippen molar-refractivity contribution in [3.8, 4) is 16.9 Å². The fourth-order valence-corrected chi connectivity index (χ4v) is 4.82. The molecule has 9 heteroatoms. The molecule has 2 heterocycles. The van der Waals surface area contributed by atoms with Gasteiger partial charge in [0, 0.05) is 36.8 Å². The molecule has 4 aromatic rings. The Morgan fingerprint density at radius 3 is 2.22 bits per heavy atom. The highest BCUT2D eigenvalue weighted by Crippen LogP contribution is 2.35. The first-order valence-corrected chi connectivity index (χ1v) is 13.6. The van der Waals surface area contributed by atoms with E-state index in [2.05, 4.69) is 43.3 Å². The van der Waals surface area contributed by atoms with E-state index in [-0.39, 0.29) is 36.7 Å². The summed E-state index contributed by atoms with van der Waals surface area (Å²) in [5.74, 6) is 0.507. The third-order valence-electron chi connectivity index (χ3n) is 6.77. The third-order valence-corrected chi connectivity index (χ3v) is 6.77. The van der Waals surface area contributed by atoms with Crippen LogP contribution in [0, 0.1) is 0 Å². The lowest BCUT2D eigenvalue weighted by molar-refractivity contribution is -0.141. The minimum atomic E-state index is -0.518. The van der Waals surface area contributed by atoms with Gasteiger partial charge in [0.05, 0.1) is 0 Å². The molecule has 0 aliphatic carbocycles. The molecule has 0 atom stereocenters. The number of nitrogens with zero attached hydrogens (tertiary/aromatic N) is 2. The van der Waals surface area contributed by atoms with Crippen molar-refractivity contribution in [3.05, 3.63) is 82.3 Å². The second-order valence-electron chi connectivity index (χ2n) is 10.4. The van der Waals surface area contributed by atoms with E-state index in [1.165, 1.54) is 11.5 Å². The maximum Gasteiger partial charge on any atom is 0.323 e. The number of urea groups is 1. The number of esters is 1. The van der Waals surface area contributed by atoms with Gasteiger partial charge in [-0.3, -0.25) is 14.2 Å². The zero-order chi connectivity index (χ0) is 29.7. The fourth-order valence-electron chi connectivity index (χ4n) is 4.82. The lowest BCUT2D eigenvalue weighted by Gasteiger charge is -2.21. The maximum atomic E-state index is 13.7. The normalized spacial score (nSPS) is 11.1. The number of benzene rings is 2. The Kier molecular flexibility index (Phi) is 9.07. The predicted molar refractivity (Wildman–Crippen MR) is 162 cm³/mol. The van der Waals surface area contributed by atoms with E-state index in [0.717, 1.165) is 16.8 Å². The standard InChI is InChI=1S/C32H36N4O5/c1-19(2)24-12-8-13-25(20(3)4)28(24)34-32(39)35-29-27(26-14-9-15-33-30(26)36(6)31(29)38)22-10-7-11-23(18-22)41-17-16-40-21(5)37/h7-15,18-20H,16-17H2,1-6H3,(H2,34,35,39). The molecule has 41 heavy (non-hydrogen) atoms. The number of rotatable bonds is 9. The number of hydrogen-bond donors (Lipinski definition) is 2. The molecule has 214 valence electrons. The molecule has 4 rings (SSSR count). The molecule has 0 aliphatic rings. The summed E-state index contributed by atoms with van der Waals surface area (Å²) in [6.45, 7) is 9.93. The number of aryl methyl sites for hydroxylation is 1. The molecule has 2 N–H and O–H groups in total. The van der Waals surface area contributed by atoms with Gasteiger partial charge < -0.3 is 20.1 Å². The van der Waals surface area contributed by atoms with Crippen LogP contribution in [0.3, 0.4) is 0 Å². The van der Waals surface area contributed by atoms with Crippen LogP contribution < -0.4 is 20.9 Å². The van der Waals surface area contributed by atoms with Gasteiger partial charge in [0.25, 0.3) is 5.56 Å². The number of carbonyl (C=O) groups excluding carboxylic acids is 2. The van der Waals surface area contributed by atoms with Crippen LogP contribution in [-0.4, -0.2) is 34.8 Å². The number of ether oxygens (including phenoxy) is 2. The summed E-state index contributed by atoms with van der Waals surface area (Å²) in [6, 6.07) is 16.3. The molecule has 0 fully saturated rings. The smallest absolute Gasteiger partial charge is 0.323 e. The minimum Gasteiger partial charge on any atom is -0.490 e. The van der Waals surface area contributed by atoms with Crippen LogP contribution in [0.1, 0.15) is 57.6 Å². The Morgan fingerprint density at radius 2 is 1.56 bits per heavy atom. The Labute approximate surface area is 239 Å². The maximum absolute atomic E-state index is 13.7. The molecular formula is C32H36N4O5. The van der Waals surface area contributed by atoms with Gasteiger partial charge in [0.15, 0.2) is 0 Å². The monoisotopic (exact) mass is 556 g/mol. The molecule has 0 saturated heterocycles. The van der Waals surface area contributed by atoms with Crippen molar-refractivity contribution < 1.29 is 19.1 Å². The first kappa shape index (κ1) is 29.3. The van der Waals surface area contributed by atoms with Crippen LogP contribution in [0.25, 0.3) is 22.2 Å². The number of nitrogens with one attached hydrogen (secondary N) is 2. The number of anilines is 2. The average Bonchev–Trinajstić information content (AvgIpc) is 2.94. The number of aromatic nitrogens is 2. The summed E-state index contributed by atoms with van der Waals surface area (Å²) in [4.78, 5) is 42.7. The number of pyridine rings is 2. The summed E-state index contributed by atoms with van der Waals surface area (Å²) in [7, 11) is 1.63. The zero-order valence-corrected chi connectivity index (χ0v) is 24.3. The summed E-state index contributed by atoms with van der Waals surface area (Å²) in [5.41, 5.74) is 4.16. The van der Waals surface area contributed by atoms with Crippen LogP contribution in [0.2, 0.25) is 0 Å². The lowest BCUT2D eigenvalue weighted by atomic mass is 9.93. The van der Waals surface area contributed by atoms with E-state index in [4.69, 9.17) is 9.47 Å². The zero-order valence-electron chi connectivity index (χ0n) is 24.3. The molecule has 0 bridgehead atoms. The number of amides is 2. The second kappa shape index (κ2) is 12.7. The van der Waals surface area contributed by atoms with Gasteiger partial charge in [0.1, 0.15) is 30.3 Å². The number of hydrogen-bond acceptors (Lipinski definition) is 6. The molecule has 0 aliphatic heterocycles. The topological polar surface area (TPSA) is 112 Å². The second-order valence-corrected chi connectivity index (χ2v) is 10.4. The van der Waals surface area contributed by atoms with Gasteiger partial charge >= 0.3 is 12.0 Å². The van der Waals surface area contributed by atoms with Crippen molar-refractivity contribution in [3.63, 3.8) is 0 Å². The summed E-state index contributed by atoms with van der Waals surface area (Å²) < 4.78 is 12.2. The van der Waals surface area contributed by atoms with Crippen molar-refractivity contribution in [2.45, 2.75) is 46.5 Å². The van der Waals surface area contributed by atoms with E-state index < -0.39 is 11.6 Å². The molecule has 2 amide bonds. The van der Waals surface area contributed by atoms with Gasteiger partial charge in [-0.05, 0) is 52.8 Å². The van der Waals surface area contributed by atoms with Crippen molar-refractivity contribution >= 4 is 34.4 Å². The van der Waals surface area contributed by atoms with Gasteiger partial charge in [-0.25, -0.2) is 9.78 Å². The molecular weight excluding hydrogens is 520 g/mol. The van der Waals surface area contributed by atoms with Crippen molar-refractivity contribution in [1.29, 1.82) is 0 Å². The SMILES string of the molecule is CC(=O)OCCOc1cccc(-c2c(NC(=O)Nc3c(C(C)C)cccc3C(C)C)c(=O)n(C)c3ncccc23)c1. The van der Waals surface area contributed by atoms with Crippen molar-refractivity contribution in [1.82, 2.24) is 9.55 Å². The van der Waals surface area contributed by atoms with E-state index in [0.29, 0.717) is 27.9 Å². The molecule has 2 aromatic heterocycles. The van der Waals surface area contributed by atoms with Gasteiger partial charge in [-0.1, -0.05) is 58.0 Å². The molecule has 9 nitrogen and oxygen atoms in total. The van der Waals surface area contributed by atoms with Crippen LogP contribution in [0.15, 0.2) is 65.6 Å². The Morgan fingerprint density at radius 1 is 0.902 bits per heavy atom. The fraction of sp³-hybridized carbons (Fsp3) is 0.312. The molecule has 0 spiro atoms. The largest absolute Gasteiger partial charge is 0.490 e. The van der Waals surface area contributed by atoms with E-state index in [9.17, 15) is 14.4 Å². The van der Waals surface area contributed by atoms with Crippen LogP contribution in [-0.2, 0) is 16.6 Å². The predicted octanol–water partition coefficient (Wildman–Crippen LogP) is 6.43. The Bertz CT molecular complexity index is 1620. The summed E-state index contributed by atoms with van der Waals surface area (Å²) in [5, 5.41) is 6.59. The molecule has 2 aromatic carbocycles. The number of carbonyl (C=O) groups is 2. The van der Waals surface area contributed by atoms with Crippen LogP contribution in [0.5, 0.6) is 5.75 Å².